The number of rotatable bonds is 3. The molecule has 2 unspecified atom stereocenters. The van der Waals surface area contributed by atoms with Gasteiger partial charge < -0.3 is 4.74 Å². The molecule has 2 aromatic rings. The predicted molar refractivity (Wildman–Crippen MR) is 78.6 cm³/mol. The molecule has 3 nitrogen and oxygen atoms in total. The van der Waals surface area contributed by atoms with Gasteiger partial charge in [-0.3, -0.25) is 0 Å². The van der Waals surface area contributed by atoms with Gasteiger partial charge in [-0.25, -0.2) is 9.97 Å². The van der Waals surface area contributed by atoms with Crippen molar-refractivity contribution in [2.75, 3.05) is 0 Å². The molecule has 3 rings (SSSR count). The summed E-state index contributed by atoms with van der Waals surface area (Å²) in [5.74, 6) is 1.33. The lowest BCUT2D eigenvalue weighted by molar-refractivity contribution is -0.0181. The number of hydrogen-bond acceptors (Lipinski definition) is 4. The third-order valence-electron chi connectivity index (χ3n) is 3.78. The monoisotopic (exact) mass is 296 g/mol. The van der Waals surface area contributed by atoms with Crippen molar-refractivity contribution in [1.29, 1.82) is 0 Å². The van der Waals surface area contributed by atoms with Crippen molar-refractivity contribution in [2.45, 2.75) is 45.3 Å². The Kier molecular flexibility index (Phi) is 4.01. The Balaban J connectivity index is 1.71. The fourth-order valence-electron chi connectivity index (χ4n) is 2.64. The van der Waals surface area contributed by atoms with Gasteiger partial charge in [-0.1, -0.05) is 31.4 Å². The van der Waals surface area contributed by atoms with E-state index in [1.807, 2.05) is 11.4 Å². The van der Waals surface area contributed by atoms with Crippen LogP contribution in [0.2, 0.25) is 5.15 Å². The first kappa shape index (κ1) is 13.3. The predicted octanol–water partition coefficient (Wildman–Crippen LogP) is 4.44. The molecular weight excluding hydrogens is 280 g/mol. The summed E-state index contributed by atoms with van der Waals surface area (Å²) >= 11 is 7.74. The van der Waals surface area contributed by atoms with E-state index in [0.29, 0.717) is 29.6 Å². The minimum absolute atomic E-state index is 0.343. The van der Waals surface area contributed by atoms with Crippen molar-refractivity contribution in [3.8, 4) is 0 Å². The molecule has 0 amide bonds. The molecule has 2 aromatic heterocycles. The first-order valence-electron chi connectivity index (χ1n) is 6.75. The number of hydrogen-bond donors (Lipinski definition) is 0. The van der Waals surface area contributed by atoms with Crippen molar-refractivity contribution in [2.24, 2.45) is 5.92 Å². The maximum Gasteiger partial charge on any atom is 0.157 e. The molecule has 102 valence electrons. The average Bonchev–Trinajstić information content (AvgIpc) is 2.87. The highest BCUT2D eigenvalue weighted by Gasteiger charge is 2.22. The highest BCUT2D eigenvalue weighted by Crippen LogP contribution is 2.28. The fraction of sp³-hybridized carbons (Fsp3) is 0.571. The van der Waals surface area contributed by atoms with E-state index in [0.717, 1.165) is 16.6 Å². The van der Waals surface area contributed by atoms with Gasteiger partial charge in [0.15, 0.2) is 5.82 Å². The van der Waals surface area contributed by atoms with Gasteiger partial charge in [-0.15, -0.1) is 11.3 Å². The molecule has 0 aromatic carbocycles. The Hall–Kier alpha value is -0.710. The molecular formula is C14H17ClN2OS. The Morgan fingerprint density at radius 3 is 3.05 bits per heavy atom. The van der Waals surface area contributed by atoms with Gasteiger partial charge in [-0.05, 0) is 30.2 Å². The summed E-state index contributed by atoms with van der Waals surface area (Å²) in [5, 5.41) is 3.45. The first-order chi connectivity index (χ1) is 9.24. The van der Waals surface area contributed by atoms with Crippen LogP contribution in [0.5, 0.6) is 0 Å². The van der Waals surface area contributed by atoms with Gasteiger partial charge in [-0.2, -0.15) is 0 Å². The molecule has 0 N–H and O–H groups in total. The summed E-state index contributed by atoms with van der Waals surface area (Å²) in [6, 6.07) is 1.95. The standard InChI is InChI=1S/C14H17ClN2OS/c1-9-4-2-3-5-11(9)18-8-12-16-13(15)10-6-7-19-14(10)17-12/h6-7,9,11H,2-5,8H2,1H3. The molecule has 2 atom stereocenters. The highest BCUT2D eigenvalue weighted by atomic mass is 35.5. The summed E-state index contributed by atoms with van der Waals surface area (Å²) in [6.45, 7) is 2.72. The largest absolute Gasteiger partial charge is 0.370 e. The third kappa shape index (κ3) is 2.91. The molecule has 2 heterocycles. The van der Waals surface area contributed by atoms with Crippen LogP contribution in [-0.2, 0) is 11.3 Å². The molecule has 5 heteroatoms. The molecule has 1 saturated carbocycles. The fourth-order valence-corrected chi connectivity index (χ4v) is 3.73. The van der Waals surface area contributed by atoms with E-state index in [1.54, 1.807) is 11.3 Å². The molecule has 0 bridgehead atoms. The van der Waals surface area contributed by atoms with Gasteiger partial charge in [0.1, 0.15) is 16.6 Å². The second kappa shape index (κ2) is 5.73. The molecule has 0 radical (unpaired) electrons. The van der Waals surface area contributed by atoms with Crippen molar-refractivity contribution in [3.05, 3.63) is 22.4 Å². The number of ether oxygens (including phenoxy) is 1. The average molecular weight is 297 g/mol. The van der Waals surface area contributed by atoms with Crippen LogP contribution in [0.1, 0.15) is 38.4 Å². The SMILES string of the molecule is CC1CCCCC1OCc1nc(Cl)c2ccsc2n1. The van der Waals surface area contributed by atoms with Crippen molar-refractivity contribution in [1.82, 2.24) is 9.97 Å². The van der Waals surface area contributed by atoms with E-state index in [2.05, 4.69) is 16.9 Å². The van der Waals surface area contributed by atoms with Crippen molar-refractivity contribution in [3.63, 3.8) is 0 Å². The first-order valence-corrected chi connectivity index (χ1v) is 8.01. The van der Waals surface area contributed by atoms with Gasteiger partial charge in [0.2, 0.25) is 0 Å². The van der Waals surface area contributed by atoms with E-state index >= 15 is 0 Å². The zero-order valence-electron chi connectivity index (χ0n) is 10.9. The number of fused-ring (bicyclic) bond motifs is 1. The minimum atomic E-state index is 0.343. The lowest BCUT2D eigenvalue weighted by Crippen LogP contribution is -2.25. The Morgan fingerprint density at radius 1 is 1.37 bits per heavy atom. The van der Waals surface area contributed by atoms with Crippen LogP contribution in [0.4, 0.5) is 0 Å². The zero-order chi connectivity index (χ0) is 13.2. The topological polar surface area (TPSA) is 35.0 Å². The Labute approximate surface area is 122 Å². The minimum Gasteiger partial charge on any atom is -0.370 e. The van der Waals surface area contributed by atoms with E-state index in [1.165, 1.54) is 19.3 Å². The maximum atomic E-state index is 6.15. The molecule has 1 fully saturated rings. The highest BCUT2D eigenvalue weighted by molar-refractivity contribution is 7.16. The van der Waals surface area contributed by atoms with Crippen LogP contribution >= 0.6 is 22.9 Å². The second-order valence-corrected chi connectivity index (χ2v) is 6.43. The van der Waals surface area contributed by atoms with Gasteiger partial charge in [0, 0.05) is 5.39 Å². The maximum absolute atomic E-state index is 6.15. The molecule has 0 spiro atoms. The summed E-state index contributed by atoms with van der Waals surface area (Å²) in [4.78, 5) is 9.76. The lowest BCUT2D eigenvalue weighted by atomic mass is 9.88. The molecule has 0 saturated heterocycles. The van der Waals surface area contributed by atoms with Crippen LogP contribution in [0, 0.1) is 5.92 Å². The van der Waals surface area contributed by atoms with Crippen LogP contribution in [0.25, 0.3) is 10.2 Å². The Morgan fingerprint density at radius 2 is 2.21 bits per heavy atom. The number of halogens is 1. The van der Waals surface area contributed by atoms with E-state index in [-0.39, 0.29) is 0 Å². The quantitative estimate of drug-likeness (QED) is 0.785. The number of aromatic nitrogens is 2. The zero-order valence-corrected chi connectivity index (χ0v) is 12.5. The van der Waals surface area contributed by atoms with Gasteiger partial charge in [0.25, 0.3) is 0 Å². The van der Waals surface area contributed by atoms with Crippen molar-refractivity contribution < 1.29 is 4.74 Å². The van der Waals surface area contributed by atoms with Gasteiger partial charge in [0.05, 0.1) is 6.10 Å². The van der Waals surface area contributed by atoms with Crippen molar-refractivity contribution >= 4 is 33.2 Å². The van der Waals surface area contributed by atoms with E-state index < -0.39 is 0 Å². The molecule has 19 heavy (non-hydrogen) atoms. The van der Waals surface area contributed by atoms with E-state index in [4.69, 9.17) is 16.3 Å². The summed E-state index contributed by atoms with van der Waals surface area (Å²) in [5.41, 5.74) is 0. The van der Waals surface area contributed by atoms with E-state index in [9.17, 15) is 0 Å². The smallest absolute Gasteiger partial charge is 0.157 e. The van der Waals surface area contributed by atoms with Crippen LogP contribution in [-0.4, -0.2) is 16.1 Å². The second-order valence-electron chi connectivity index (χ2n) is 5.18. The summed E-state index contributed by atoms with van der Waals surface area (Å²) < 4.78 is 5.98. The van der Waals surface area contributed by atoms with Crippen LogP contribution in [0.15, 0.2) is 11.4 Å². The number of nitrogens with zero attached hydrogens (tertiary/aromatic N) is 2. The molecule has 0 aliphatic heterocycles. The summed E-state index contributed by atoms with van der Waals surface area (Å²) in [6.07, 6.45) is 5.34. The normalized spacial score (nSPS) is 23.9. The molecule has 1 aliphatic rings. The van der Waals surface area contributed by atoms with Crippen LogP contribution in [0.3, 0.4) is 0 Å². The molecule has 1 aliphatic carbocycles. The third-order valence-corrected chi connectivity index (χ3v) is 4.88. The number of thiophene rings is 1. The van der Waals surface area contributed by atoms with Gasteiger partial charge >= 0.3 is 0 Å². The summed E-state index contributed by atoms with van der Waals surface area (Å²) in [7, 11) is 0. The Bertz CT molecular complexity index is 572. The lowest BCUT2D eigenvalue weighted by Gasteiger charge is -2.28. The van der Waals surface area contributed by atoms with Crippen LogP contribution < -0.4 is 0 Å².